The Hall–Kier alpha value is -2.86. The van der Waals surface area contributed by atoms with Gasteiger partial charge in [-0.25, -0.2) is 9.18 Å². The number of hydrogen-bond acceptors (Lipinski definition) is 5. The first-order valence-electron chi connectivity index (χ1n) is 8.95. The topological polar surface area (TPSA) is 54.7 Å². The predicted molar refractivity (Wildman–Crippen MR) is 104 cm³/mol. The van der Waals surface area contributed by atoms with Gasteiger partial charge in [-0.05, 0) is 42.6 Å². The second-order valence-corrected chi connectivity index (χ2v) is 6.82. The second-order valence-electron chi connectivity index (χ2n) is 6.82. The van der Waals surface area contributed by atoms with E-state index in [9.17, 15) is 9.18 Å². The number of nitrogens with zero attached hydrogens (tertiary/aromatic N) is 1. The quantitative estimate of drug-likeness (QED) is 0.768. The van der Waals surface area contributed by atoms with Crippen molar-refractivity contribution in [2.24, 2.45) is 0 Å². The van der Waals surface area contributed by atoms with Crippen molar-refractivity contribution in [2.45, 2.75) is 13.0 Å². The summed E-state index contributed by atoms with van der Waals surface area (Å²) in [6, 6.07) is 12.3. The third kappa shape index (κ3) is 3.40. The zero-order valence-corrected chi connectivity index (χ0v) is 15.3. The summed E-state index contributed by atoms with van der Waals surface area (Å²) in [5.74, 6) is 0.119. The van der Waals surface area contributed by atoms with E-state index in [1.165, 1.54) is 13.2 Å². The average molecular weight is 368 g/mol. The molecule has 0 bridgehead atoms. The molecule has 1 N–H and O–H groups in total. The highest BCUT2D eigenvalue weighted by Crippen LogP contribution is 2.29. The molecule has 0 radical (unpaired) electrons. The van der Waals surface area contributed by atoms with E-state index in [1.54, 1.807) is 18.2 Å². The molecule has 1 saturated heterocycles. The second kappa shape index (κ2) is 7.04. The first-order chi connectivity index (χ1) is 13.0. The molecule has 2 aromatic carbocycles. The molecule has 140 valence electrons. The van der Waals surface area contributed by atoms with E-state index in [0.29, 0.717) is 17.2 Å². The maximum Gasteiger partial charge on any atom is 0.344 e. The van der Waals surface area contributed by atoms with Crippen LogP contribution in [0.5, 0.6) is 5.75 Å². The van der Waals surface area contributed by atoms with Crippen LogP contribution in [-0.4, -0.2) is 32.8 Å². The van der Waals surface area contributed by atoms with Gasteiger partial charge in [-0.1, -0.05) is 6.07 Å². The van der Waals surface area contributed by atoms with E-state index in [-0.39, 0.29) is 11.3 Å². The Kier molecular flexibility index (Phi) is 4.58. The van der Waals surface area contributed by atoms with E-state index in [2.05, 4.69) is 17.1 Å². The third-order valence-electron chi connectivity index (χ3n) is 4.92. The fourth-order valence-electron chi connectivity index (χ4n) is 3.49. The van der Waals surface area contributed by atoms with Gasteiger partial charge in [0.1, 0.15) is 17.3 Å². The van der Waals surface area contributed by atoms with E-state index < -0.39 is 11.4 Å². The smallest absolute Gasteiger partial charge is 0.344 e. The van der Waals surface area contributed by atoms with Crippen molar-refractivity contribution < 1.29 is 13.5 Å². The minimum Gasteiger partial charge on any atom is -0.497 e. The van der Waals surface area contributed by atoms with Gasteiger partial charge in [-0.3, -0.25) is 0 Å². The SMILES string of the molecule is COc1ccc(-c2cc3ccc(N4CCN[C@@H](C)C4)cc3c(=O)o2)c(F)c1. The lowest BCUT2D eigenvalue weighted by Gasteiger charge is -2.33. The number of rotatable bonds is 3. The molecule has 0 saturated carbocycles. The molecule has 1 atom stereocenters. The summed E-state index contributed by atoms with van der Waals surface area (Å²) in [7, 11) is 1.47. The molecule has 0 aliphatic carbocycles. The van der Waals surface area contributed by atoms with E-state index in [0.717, 1.165) is 30.7 Å². The Morgan fingerprint density at radius 1 is 1.22 bits per heavy atom. The van der Waals surface area contributed by atoms with Gasteiger partial charge in [-0.15, -0.1) is 0 Å². The van der Waals surface area contributed by atoms with Crippen LogP contribution >= 0.6 is 0 Å². The standard InChI is InChI=1S/C21H21FN2O3/c1-13-12-24(8-7-23-13)15-4-3-14-9-20(27-21(25)18(14)10-15)17-6-5-16(26-2)11-19(17)22/h3-6,9-11,13,23H,7-8,12H2,1-2H3/t13-/m0/s1. The summed E-state index contributed by atoms with van der Waals surface area (Å²) in [5, 5.41) is 4.62. The molecule has 1 aliphatic rings. The van der Waals surface area contributed by atoms with Gasteiger partial charge in [0.15, 0.2) is 0 Å². The number of nitrogens with one attached hydrogen (secondary N) is 1. The van der Waals surface area contributed by atoms with Crippen molar-refractivity contribution in [3.63, 3.8) is 0 Å². The summed E-state index contributed by atoms with van der Waals surface area (Å²) in [4.78, 5) is 14.8. The summed E-state index contributed by atoms with van der Waals surface area (Å²) < 4.78 is 24.8. The van der Waals surface area contributed by atoms with Crippen molar-refractivity contribution in [1.29, 1.82) is 0 Å². The highest BCUT2D eigenvalue weighted by atomic mass is 19.1. The number of methoxy groups -OCH3 is 1. The molecule has 1 fully saturated rings. The van der Waals surface area contributed by atoms with Crippen LogP contribution in [0, 0.1) is 5.82 Å². The number of halogens is 1. The van der Waals surface area contributed by atoms with Crippen LogP contribution in [0.15, 0.2) is 51.7 Å². The number of ether oxygens (including phenoxy) is 1. The largest absolute Gasteiger partial charge is 0.497 e. The van der Waals surface area contributed by atoms with Crippen LogP contribution < -0.4 is 20.6 Å². The lowest BCUT2D eigenvalue weighted by atomic mass is 10.1. The minimum absolute atomic E-state index is 0.205. The molecule has 6 heteroatoms. The van der Waals surface area contributed by atoms with Gasteiger partial charge < -0.3 is 19.4 Å². The van der Waals surface area contributed by atoms with Crippen LogP contribution in [0.2, 0.25) is 0 Å². The molecule has 0 amide bonds. The number of anilines is 1. The molecule has 27 heavy (non-hydrogen) atoms. The van der Waals surface area contributed by atoms with Gasteiger partial charge in [0.2, 0.25) is 0 Å². The van der Waals surface area contributed by atoms with Crippen LogP contribution in [0.25, 0.3) is 22.1 Å². The Bertz CT molecular complexity index is 1050. The molecule has 1 aromatic heterocycles. The summed E-state index contributed by atoms with van der Waals surface area (Å²) in [6.45, 7) is 4.81. The molecule has 0 unspecified atom stereocenters. The van der Waals surface area contributed by atoms with Crippen LogP contribution in [-0.2, 0) is 0 Å². The Labute approximate surface area is 156 Å². The zero-order chi connectivity index (χ0) is 19.0. The molecule has 1 aliphatic heterocycles. The maximum absolute atomic E-state index is 14.3. The molecule has 4 rings (SSSR count). The summed E-state index contributed by atoms with van der Waals surface area (Å²) in [5.41, 5.74) is 0.754. The first-order valence-corrected chi connectivity index (χ1v) is 8.95. The molecule has 2 heterocycles. The monoisotopic (exact) mass is 368 g/mol. The molecule has 3 aromatic rings. The summed E-state index contributed by atoms with van der Waals surface area (Å²) >= 11 is 0. The van der Waals surface area contributed by atoms with Gasteiger partial charge in [-0.2, -0.15) is 0 Å². The van der Waals surface area contributed by atoms with Crippen LogP contribution in [0.3, 0.4) is 0 Å². The lowest BCUT2D eigenvalue weighted by Crippen LogP contribution is -2.49. The zero-order valence-electron chi connectivity index (χ0n) is 15.3. The van der Waals surface area contributed by atoms with Gasteiger partial charge in [0.25, 0.3) is 0 Å². The predicted octanol–water partition coefficient (Wildman–Crippen LogP) is 3.41. The van der Waals surface area contributed by atoms with E-state index in [1.807, 2.05) is 18.2 Å². The minimum atomic E-state index is -0.497. The fraction of sp³-hybridized carbons (Fsp3) is 0.286. The molecular formula is C21H21FN2O3. The third-order valence-corrected chi connectivity index (χ3v) is 4.92. The Morgan fingerprint density at radius 3 is 2.81 bits per heavy atom. The van der Waals surface area contributed by atoms with E-state index in [4.69, 9.17) is 9.15 Å². The fourth-order valence-corrected chi connectivity index (χ4v) is 3.49. The van der Waals surface area contributed by atoms with Crippen molar-refractivity contribution in [3.05, 3.63) is 58.7 Å². The molecule has 5 nitrogen and oxygen atoms in total. The van der Waals surface area contributed by atoms with Gasteiger partial charge >= 0.3 is 5.63 Å². The lowest BCUT2D eigenvalue weighted by molar-refractivity contribution is 0.411. The molecular weight excluding hydrogens is 347 g/mol. The average Bonchev–Trinajstić information content (AvgIpc) is 2.67. The highest BCUT2D eigenvalue weighted by molar-refractivity contribution is 5.87. The van der Waals surface area contributed by atoms with Crippen molar-refractivity contribution >= 4 is 16.5 Å². The van der Waals surface area contributed by atoms with Gasteiger partial charge in [0.05, 0.1) is 18.1 Å². The van der Waals surface area contributed by atoms with Crippen molar-refractivity contribution in [1.82, 2.24) is 5.32 Å². The Balaban J connectivity index is 1.74. The Morgan fingerprint density at radius 2 is 2.07 bits per heavy atom. The maximum atomic E-state index is 14.3. The number of benzene rings is 2. The van der Waals surface area contributed by atoms with Crippen LogP contribution in [0.1, 0.15) is 6.92 Å². The number of piperazine rings is 1. The highest BCUT2D eigenvalue weighted by Gasteiger charge is 2.17. The summed E-state index contributed by atoms with van der Waals surface area (Å²) in [6.07, 6.45) is 0. The normalized spacial score (nSPS) is 17.3. The van der Waals surface area contributed by atoms with Crippen molar-refractivity contribution in [3.8, 4) is 17.1 Å². The number of fused-ring (bicyclic) bond motifs is 1. The first kappa shape index (κ1) is 17.5. The van der Waals surface area contributed by atoms with Gasteiger partial charge in [0, 0.05) is 37.4 Å². The van der Waals surface area contributed by atoms with E-state index >= 15 is 0 Å². The molecule has 0 spiro atoms. The van der Waals surface area contributed by atoms with Crippen LogP contribution in [0.4, 0.5) is 10.1 Å². The number of hydrogen-bond donors (Lipinski definition) is 1. The van der Waals surface area contributed by atoms with Crippen molar-refractivity contribution in [2.75, 3.05) is 31.6 Å².